The lowest BCUT2D eigenvalue weighted by Gasteiger charge is -2.30. The Bertz CT molecular complexity index is 534. The van der Waals surface area contributed by atoms with Crippen molar-refractivity contribution in [3.05, 3.63) is 35.8 Å². The maximum absolute atomic E-state index is 14.1. The summed E-state index contributed by atoms with van der Waals surface area (Å²) in [4.78, 5) is 0. The van der Waals surface area contributed by atoms with Crippen molar-refractivity contribution in [2.24, 2.45) is 5.92 Å². The summed E-state index contributed by atoms with van der Waals surface area (Å²) in [5.74, 6) is 0.561. The molecule has 0 spiro atoms. The molecule has 0 bridgehead atoms. The Balaban J connectivity index is 2.14. The van der Waals surface area contributed by atoms with Gasteiger partial charge in [-0.25, -0.2) is 4.39 Å². The van der Waals surface area contributed by atoms with Crippen LogP contribution in [-0.2, 0) is 0 Å². The van der Waals surface area contributed by atoms with Gasteiger partial charge in [0.25, 0.3) is 0 Å². The van der Waals surface area contributed by atoms with Crippen LogP contribution >= 0.6 is 0 Å². The smallest absolute Gasteiger partial charge is 0.140 e. The standard InChI is InChI=1S/C14H16FNO/c1-9-8-16-6-4-11(9)13-12(15)3-2-10-5-7-17-14(10)13/h2-3,5,7,9,11,16H,4,6,8H2,1H3. The molecule has 3 heteroatoms. The van der Waals surface area contributed by atoms with Crippen molar-refractivity contribution in [2.45, 2.75) is 19.3 Å². The van der Waals surface area contributed by atoms with Gasteiger partial charge in [-0.05, 0) is 49.5 Å². The van der Waals surface area contributed by atoms with Gasteiger partial charge in [0.1, 0.15) is 11.4 Å². The number of halogens is 1. The van der Waals surface area contributed by atoms with E-state index in [9.17, 15) is 4.39 Å². The molecular weight excluding hydrogens is 217 g/mol. The number of nitrogens with one attached hydrogen (secondary N) is 1. The minimum atomic E-state index is -0.133. The molecule has 90 valence electrons. The Morgan fingerprint density at radius 1 is 1.35 bits per heavy atom. The van der Waals surface area contributed by atoms with Crippen molar-refractivity contribution in [1.29, 1.82) is 0 Å². The van der Waals surface area contributed by atoms with Gasteiger partial charge < -0.3 is 9.73 Å². The lowest BCUT2D eigenvalue weighted by atomic mass is 9.81. The van der Waals surface area contributed by atoms with Gasteiger partial charge in [0.15, 0.2) is 0 Å². The first-order valence-electron chi connectivity index (χ1n) is 6.13. The molecule has 2 heterocycles. The maximum atomic E-state index is 14.1. The monoisotopic (exact) mass is 233 g/mol. The molecule has 0 radical (unpaired) electrons. The quantitative estimate of drug-likeness (QED) is 0.817. The number of rotatable bonds is 1. The van der Waals surface area contributed by atoms with Gasteiger partial charge in [-0.3, -0.25) is 0 Å². The zero-order valence-corrected chi connectivity index (χ0v) is 9.87. The summed E-state index contributed by atoms with van der Waals surface area (Å²) in [6.07, 6.45) is 2.61. The van der Waals surface area contributed by atoms with Gasteiger partial charge in [-0.15, -0.1) is 0 Å². The number of furan rings is 1. The summed E-state index contributed by atoms with van der Waals surface area (Å²) in [6.45, 7) is 4.06. The summed E-state index contributed by atoms with van der Waals surface area (Å²) in [5.41, 5.74) is 1.49. The van der Waals surface area contributed by atoms with Crippen LogP contribution < -0.4 is 5.32 Å². The maximum Gasteiger partial charge on any atom is 0.140 e. The Morgan fingerprint density at radius 2 is 2.24 bits per heavy atom. The molecular formula is C14H16FNO. The molecule has 0 aliphatic carbocycles. The van der Waals surface area contributed by atoms with Gasteiger partial charge in [0.05, 0.1) is 6.26 Å². The Kier molecular flexibility index (Phi) is 2.63. The first-order chi connectivity index (χ1) is 8.27. The molecule has 2 nitrogen and oxygen atoms in total. The summed E-state index contributed by atoms with van der Waals surface area (Å²) in [5, 5.41) is 4.34. The van der Waals surface area contributed by atoms with Crippen molar-refractivity contribution < 1.29 is 8.81 Å². The molecule has 0 amide bonds. The number of hydrogen-bond acceptors (Lipinski definition) is 2. The van der Waals surface area contributed by atoms with Crippen LogP contribution in [0.1, 0.15) is 24.8 Å². The molecule has 1 aromatic carbocycles. The first-order valence-corrected chi connectivity index (χ1v) is 6.13. The number of piperidine rings is 1. The van der Waals surface area contributed by atoms with Crippen LogP contribution in [0.25, 0.3) is 11.0 Å². The first kappa shape index (κ1) is 10.8. The van der Waals surface area contributed by atoms with Crippen molar-refractivity contribution in [2.75, 3.05) is 13.1 Å². The normalized spacial score (nSPS) is 25.3. The fourth-order valence-electron chi connectivity index (χ4n) is 2.82. The molecule has 1 N–H and O–H groups in total. The van der Waals surface area contributed by atoms with Crippen molar-refractivity contribution >= 4 is 11.0 Å². The minimum absolute atomic E-state index is 0.133. The predicted octanol–water partition coefficient (Wildman–Crippen LogP) is 3.28. The van der Waals surface area contributed by atoms with Gasteiger partial charge in [0, 0.05) is 10.9 Å². The molecule has 1 aromatic heterocycles. The van der Waals surface area contributed by atoms with E-state index in [0.717, 1.165) is 36.0 Å². The fraction of sp³-hybridized carbons (Fsp3) is 0.429. The van der Waals surface area contributed by atoms with Crippen molar-refractivity contribution in [3.63, 3.8) is 0 Å². The van der Waals surface area contributed by atoms with Crippen LogP contribution in [0.5, 0.6) is 0 Å². The SMILES string of the molecule is CC1CNCCC1c1c(F)ccc2ccoc12. The van der Waals surface area contributed by atoms with E-state index in [4.69, 9.17) is 4.42 Å². The molecule has 3 rings (SSSR count). The summed E-state index contributed by atoms with van der Waals surface area (Å²) in [6, 6.07) is 5.23. The van der Waals surface area contributed by atoms with Crippen LogP contribution in [-0.4, -0.2) is 13.1 Å². The third kappa shape index (κ3) is 1.75. The lowest BCUT2D eigenvalue weighted by Crippen LogP contribution is -2.34. The average molecular weight is 233 g/mol. The van der Waals surface area contributed by atoms with E-state index in [2.05, 4.69) is 12.2 Å². The van der Waals surface area contributed by atoms with Gasteiger partial charge >= 0.3 is 0 Å². The Hall–Kier alpha value is -1.35. The molecule has 1 aliphatic rings. The summed E-state index contributed by atoms with van der Waals surface area (Å²) < 4.78 is 19.5. The van der Waals surface area contributed by atoms with E-state index >= 15 is 0 Å². The van der Waals surface area contributed by atoms with Gasteiger partial charge in [0.2, 0.25) is 0 Å². The molecule has 2 unspecified atom stereocenters. The van der Waals surface area contributed by atoms with E-state index in [0.29, 0.717) is 5.92 Å². The van der Waals surface area contributed by atoms with E-state index in [1.807, 2.05) is 6.07 Å². The predicted molar refractivity (Wildman–Crippen MR) is 65.6 cm³/mol. The molecule has 17 heavy (non-hydrogen) atoms. The highest BCUT2D eigenvalue weighted by molar-refractivity contribution is 5.81. The molecule has 2 atom stereocenters. The number of fused-ring (bicyclic) bond motifs is 1. The molecule has 1 fully saturated rings. The molecule has 1 aliphatic heterocycles. The molecule has 1 saturated heterocycles. The van der Waals surface area contributed by atoms with E-state index in [-0.39, 0.29) is 11.7 Å². The highest BCUT2D eigenvalue weighted by Gasteiger charge is 2.27. The summed E-state index contributed by atoms with van der Waals surface area (Å²) >= 11 is 0. The number of benzene rings is 1. The van der Waals surface area contributed by atoms with Gasteiger partial charge in [-0.2, -0.15) is 0 Å². The molecule has 0 saturated carbocycles. The largest absolute Gasteiger partial charge is 0.464 e. The highest BCUT2D eigenvalue weighted by Crippen LogP contribution is 2.36. The van der Waals surface area contributed by atoms with Crippen molar-refractivity contribution in [1.82, 2.24) is 5.32 Å². The van der Waals surface area contributed by atoms with Crippen LogP contribution in [0.15, 0.2) is 28.9 Å². The fourth-order valence-corrected chi connectivity index (χ4v) is 2.82. The van der Waals surface area contributed by atoms with E-state index in [1.54, 1.807) is 18.4 Å². The second-order valence-corrected chi connectivity index (χ2v) is 4.88. The number of hydrogen-bond donors (Lipinski definition) is 1. The summed E-state index contributed by atoms with van der Waals surface area (Å²) in [7, 11) is 0. The third-order valence-corrected chi connectivity index (χ3v) is 3.76. The van der Waals surface area contributed by atoms with Crippen LogP contribution in [0, 0.1) is 11.7 Å². The van der Waals surface area contributed by atoms with E-state index < -0.39 is 0 Å². The van der Waals surface area contributed by atoms with Crippen LogP contribution in [0.2, 0.25) is 0 Å². The Morgan fingerprint density at radius 3 is 3.06 bits per heavy atom. The highest BCUT2D eigenvalue weighted by atomic mass is 19.1. The van der Waals surface area contributed by atoms with Crippen LogP contribution in [0.3, 0.4) is 0 Å². The zero-order chi connectivity index (χ0) is 11.8. The minimum Gasteiger partial charge on any atom is -0.464 e. The zero-order valence-electron chi connectivity index (χ0n) is 9.87. The second kappa shape index (κ2) is 4.15. The second-order valence-electron chi connectivity index (χ2n) is 4.88. The molecule has 2 aromatic rings. The average Bonchev–Trinajstić information content (AvgIpc) is 2.79. The van der Waals surface area contributed by atoms with Crippen molar-refractivity contribution in [3.8, 4) is 0 Å². The topological polar surface area (TPSA) is 25.2 Å². The van der Waals surface area contributed by atoms with Gasteiger partial charge in [-0.1, -0.05) is 6.92 Å². The van der Waals surface area contributed by atoms with Crippen LogP contribution in [0.4, 0.5) is 4.39 Å². The van der Waals surface area contributed by atoms with E-state index in [1.165, 1.54) is 0 Å². The third-order valence-electron chi connectivity index (χ3n) is 3.76. The lowest BCUT2D eigenvalue weighted by molar-refractivity contribution is 0.341. The Labute approximate surface area is 99.8 Å².